The molecule has 6 aromatic carbocycles. The van der Waals surface area contributed by atoms with Gasteiger partial charge in [-0.25, -0.2) is 0 Å². The van der Waals surface area contributed by atoms with Crippen LogP contribution >= 0.6 is 17.0 Å². The number of rotatable bonds is 12. The minimum absolute atomic E-state index is 0.826. The molecule has 58 heavy (non-hydrogen) atoms. The summed E-state index contributed by atoms with van der Waals surface area (Å²) in [7, 11) is 11.0. The molecule has 0 aromatic heterocycles. The number of benzene rings is 4. The maximum absolute atomic E-state index is 4.93. The third-order valence-corrected chi connectivity index (χ3v) is 13.2. The molecule has 8 rings (SSSR count). The average Bonchev–Trinajstić information content (AvgIpc) is 3.87. The van der Waals surface area contributed by atoms with Crippen LogP contribution in [0.4, 0.5) is 0 Å². The van der Waals surface area contributed by atoms with Gasteiger partial charge in [0.1, 0.15) is 0 Å². The Hall–Kier alpha value is -2.22. The predicted molar refractivity (Wildman–Crippen MR) is 257 cm³/mol. The minimum atomic E-state index is -0.826. The zero-order valence-electron chi connectivity index (χ0n) is 36.0. The third-order valence-electron chi connectivity index (χ3n) is 12.2. The van der Waals surface area contributed by atoms with Crippen LogP contribution in [0, 0.1) is 11.8 Å². The van der Waals surface area contributed by atoms with Crippen LogP contribution in [0.25, 0.3) is 43.8 Å². The molecule has 2 aliphatic carbocycles. The Morgan fingerprint density at radius 1 is 0.552 bits per heavy atom. The van der Waals surface area contributed by atoms with E-state index in [1.165, 1.54) is 181 Å². The fourth-order valence-corrected chi connectivity index (χ4v) is 9.81. The van der Waals surface area contributed by atoms with Crippen LogP contribution < -0.4 is 0 Å². The van der Waals surface area contributed by atoms with Crippen LogP contribution in [0.15, 0.2) is 109 Å². The first-order valence-corrected chi connectivity index (χ1v) is 30.7. The topological polar surface area (TPSA) is 0 Å². The molecule has 0 spiro atoms. The van der Waals surface area contributed by atoms with Crippen LogP contribution in [0.1, 0.15) is 126 Å². The molecule has 2 aliphatic rings. The molecular weight excluding hydrogens is 839 g/mol. The second-order valence-corrected chi connectivity index (χ2v) is 21.8. The Labute approximate surface area is 374 Å². The van der Waals surface area contributed by atoms with Gasteiger partial charge >= 0.3 is 37.9 Å². The van der Waals surface area contributed by atoms with Crippen molar-refractivity contribution in [1.29, 1.82) is 0 Å². The van der Waals surface area contributed by atoms with Gasteiger partial charge in [0, 0.05) is 9.52 Å². The molecule has 0 N–H and O–H groups in total. The molecule has 2 saturated carbocycles. The summed E-state index contributed by atoms with van der Waals surface area (Å²) in [6.45, 7) is 8.94. The van der Waals surface area contributed by atoms with Crippen molar-refractivity contribution in [1.82, 2.24) is 0 Å². The van der Waals surface area contributed by atoms with Crippen molar-refractivity contribution in [3.05, 3.63) is 131 Å². The molecule has 0 heterocycles. The standard InChI is InChI=1S/2C25H29.C4H10Si.2ClH.Zr/c2*1-2-7-19-12-14-22(15-13-19)24-11-6-10-23-17-21(18-25(23)24)16-20-8-4-3-5-9-20;1-3-4-5-2;;;/h2*6,10-15,17-18,20H,2-5,7-9,16H2,1H3;3-4H2,1-2H3;2*1H;/q2*-1;;;;+4/p-2. The molecule has 0 aliphatic heterocycles. The predicted octanol–water partition coefficient (Wildman–Crippen LogP) is 17.5. The monoisotopic (exact) mass is 904 g/mol. The van der Waals surface area contributed by atoms with Gasteiger partial charge in [-0.2, -0.15) is 12.1 Å². The van der Waals surface area contributed by atoms with E-state index < -0.39 is 20.8 Å². The SMILES string of the molecule is CCC[Si]C.CCCc1ccc(-c2cccc3[cH-]c(CC4CCCCC4)cc23)cc1.CCCc1ccc(-c2cccc3[cH-]c(CC4CCCCC4)cc23)cc1.[Cl][Zr+2][Cl]. The van der Waals surface area contributed by atoms with Gasteiger partial charge in [0.25, 0.3) is 0 Å². The van der Waals surface area contributed by atoms with E-state index in [1.54, 1.807) is 0 Å². The first-order chi connectivity index (χ1) is 28.5. The van der Waals surface area contributed by atoms with Crippen LogP contribution in [0.2, 0.25) is 12.6 Å². The molecule has 2 fully saturated rings. The van der Waals surface area contributed by atoms with Crippen LogP contribution in [0.3, 0.4) is 0 Å². The van der Waals surface area contributed by atoms with Crippen molar-refractivity contribution in [2.75, 3.05) is 0 Å². The van der Waals surface area contributed by atoms with E-state index in [-0.39, 0.29) is 0 Å². The van der Waals surface area contributed by atoms with Crippen molar-refractivity contribution in [2.45, 2.75) is 143 Å². The van der Waals surface area contributed by atoms with Crippen LogP contribution in [0.5, 0.6) is 0 Å². The van der Waals surface area contributed by atoms with Crippen LogP contribution in [-0.4, -0.2) is 9.52 Å². The summed E-state index contributed by atoms with van der Waals surface area (Å²) in [6.07, 6.45) is 23.0. The average molecular weight is 907 g/mol. The molecule has 2 radical (unpaired) electrons. The Balaban J connectivity index is 0.000000187. The Kier molecular flexibility index (Phi) is 21.2. The van der Waals surface area contributed by atoms with Gasteiger partial charge in [0.15, 0.2) is 0 Å². The molecule has 4 heteroatoms. The fraction of sp³-hybridized carbons (Fsp3) is 0.444. The van der Waals surface area contributed by atoms with E-state index in [0.717, 1.165) is 21.4 Å². The summed E-state index contributed by atoms with van der Waals surface area (Å²) in [5.41, 5.74) is 11.4. The zero-order chi connectivity index (χ0) is 41.0. The first kappa shape index (κ1) is 46.8. The molecule has 0 bridgehead atoms. The first-order valence-electron chi connectivity index (χ1n) is 22.7. The van der Waals surface area contributed by atoms with E-state index in [2.05, 4.69) is 137 Å². The molecule has 6 aromatic rings. The van der Waals surface area contributed by atoms with Crippen molar-refractivity contribution in [2.24, 2.45) is 11.8 Å². The molecule has 0 amide bonds. The summed E-state index contributed by atoms with van der Waals surface area (Å²) >= 11 is -0.826. The quantitative estimate of drug-likeness (QED) is 0.0848. The second-order valence-electron chi connectivity index (χ2n) is 16.8. The molecule has 0 saturated heterocycles. The van der Waals surface area contributed by atoms with Gasteiger partial charge in [-0.3, -0.25) is 0 Å². The van der Waals surface area contributed by atoms with E-state index >= 15 is 0 Å². The number of hydrogen-bond donors (Lipinski definition) is 0. The number of hydrogen-bond acceptors (Lipinski definition) is 0. The van der Waals surface area contributed by atoms with Crippen LogP contribution in [-0.2, 0) is 46.5 Å². The molecular formula is C54H68Cl2SiZr. The number of fused-ring (bicyclic) bond motifs is 2. The van der Waals surface area contributed by atoms with Crippen molar-refractivity contribution in [3.63, 3.8) is 0 Å². The summed E-state index contributed by atoms with van der Waals surface area (Å²) in [5.74, 6) is 1.81. The van der Waals surface area contributed by atoms with Crippen molar-refractivity contribution < 1.29 is 20.8 Å². The van der Waals surface area contributed by atoms with Gasteiger partial charge in [-0.15, -0.1) is 69.1 Å². The fourth-order valence-electron chi connectivity index (χ4n) is 9.31. The normalized spacial score (nSPS) is 14.4. The summed E-state index contributed by atoms with van der Waals surface area (Å²) in [5, 5.41) is 5.66. The molecule has 0 nitrogen and oxygen atoms in total. The summed E-state index contributed by atoms with van der Waals surface area (Å²) in [6, 6.07) is 43.1. The molecule has 0 atom stereocenters. The number of aryl methyl sites for hydroxylation is 2. The van der Waals surface area contributed by atoms with Gasteiger partial charge in [-0.05, 0) is 59.8 Å². The van der Waals surface area contributed by atoms with E-state index in [0.29, 0.717) is 0 Å². The van der Waals surface area contributed by atoms with E-state index in [1.807, 2.05) is 0 Å². The maximum atomic E-state index is 4.93. The number of halogens is 2. The Morgan fingerprint density at radius 3 is 1.28 bits per heavy atom. The van der Waals surface area contributed by atoms with Gasteiger partial charge in [-0.1, -0.05) is 189 Å². The van der Waals surface area contributed by atoms with Crippen molar-refractivity contribution in [3.8, 4) is 22.3 Å². The Morgan fingerprint density at radius 2 is 0.948 bits per heavy atom. The van der Waals surface area contributed by atoms with Gasteiger partial charge in [0.2, 0.25) is 0 Å². The van der Waals surface area contributed by atoms with Gasteiger partial charge < -0.3 is 0 Å². The van der Waals surface area contributed by atoms with Gasteiger partial charge in [0.05, 0.1) is 0 Å². The third kappa shape index (κ3) is 14.5. The molecule has 0 unspecified atom stereocenters. The Bertz CT molecular complexity index is 1860. The summed E-state index contributed by atoms with van der Waals surface area (Å²) < 4.78 is 0. The van der Waals surface area contributed by atoms with E-state index in [9.17, 15) is 0 Å². The summed E-state index contributed by atoms with van der Waals surface area (Å²) in [4.78, 5) is 0. The van der Waals surface area contributed by atoms with E-state index in [4.69, 9.17) is 17.0 Å². The molecule has 306 valence electrons. The zero-order valence-corrected chi connectivity index (χ0v) is 41.0. The second kappa shape index (κ2) is 26.2. The van der Waals surface area contributed by atoms with Crippen molar-refractivity contribution >= 4 is 48.1 Å².